The smallest absolute Gasteiger partial charge is 0.465 e. The Morgan fingerprint density at radius 2 is 1.38 bits per heavy atom. The summed E-state index contributed by atoms with van der Waals surface area (Å²) in [4.78, 5) is 11.3. The largest absolute Gasteiger partial charge is 0.500 e. The van der Waals surface area contributed by atoms with Gasteiger partial charge < -0.3 is 18.0 Å². The van der Waals surface area contributed by atoms with Crippen molar-refractivity contribution in [2.75, 3.05) is 37.9 Å². The molecule has 0 bridgehead atoms. The van der Waals surface area contributed by atoms with Crippen molar-refractivity contribution >= 4 is 26.5 Å². The molecule has 0 aromatic carbocycles. The number of hydrogen-bond acceptors (Lipinski definition) is 6. The predicted octanol–water partition coefficient (Wildman–Crippen LogP) is 4.92. The first kappa shape index (κ1) is 25.9. The van der Waals surface area contributed by atoms with Crippen molar-refractivity contribution in [2.45, 2.75) is 72.8 Å². The molecule has 0 rings (SSSR count). The zero-order valence-electron chi connectivity index (χ0n) is 17.5. The SMILES string of the molecule is CCO[Si](CCCSCCCCCCOC(=O)C(C)C)(OCC)OCC. The number of carbonyl (C=O) groups is 1. The van der Waals surface area contributed by atoms with Gasteiger partial charge in [0, 0.05) is 25.9 Å². The first-order valence-corrected chi connectivity index (χ1v) is 13.3. The van der Waals surface area contributed by atoms with Gasteiger partial charge in [0.15, 0.2) is 0 Å². The monoisotopic (exact) mass is 408 g/mol. The number of hydrogen-bond donors (Lipinski definition) is 0. The van der Waals surface area contributed by atoms with Gasteiger partial charge in [-0.05, 0) is 51.5 Å². The van der Waals surface area contributed by atoms with E-state index in [2.05, 4.69) is 0 Å². The Morgan fingerprint density at radius 1 is 0.846 bits per heavy atom. The van der Waals surface area contributed by atoms with Crippen molar-refractivity contribution in [3.8, 4) is 0 Å². The van der Waals surface area contributed by atoms with Crippen molar-refractivity contribution < 1.29 is 22.8 Å². The van der Waals surface area contributed by atoms with Gasteiger partial charge in [-0.3, -0.25) is 4.79 Å². The van der Waals surface area contributed by atoms with Crippen molar-refractivity contribution in [2.24, 2.45) is 5.92 Å². The van der Waals surface area contributed by atoms with Gasteiger partial charge in [0.25, 0.3) is 0 Å². The summed E-state index contributed by atoms with van der Waals surface area (Å²) in [5.74, 6) is 2.18. The molecule has 0 atom stereocenters. The lowest BCUT2D eigenvalue weighted by Crippen LogP contribution is -2.46. The fourth-order valence-corrected chi connectivity index (χ4v) is 6.32. The van der Waals surface area contributed by atoms with E-state index >= 15 is 0 Å². The second-order valence-electron chi connectivity index (χ2n) is 6.43. The van der Waals surface area contributed by atoms with Crippen LogP contribution in [0.2, 0.25) is 6.04 Å². The number of ether oxygens (including phenoxy) is 1. The van der Waals surface area contributed by atoms with Crippen LogP contribution in [0.1, 0.15) is 66.7 Å². The summed E-state index contributed by atoms with van der Waals surface area (Å²) < 4.78 is 22.8. The average Bonchev–Trinajstić information content (AvgIpc) is 2.60. The van der Waals surface area contributed by atoms with Crippen LogP contribution < -0.4 is 0 Å². The van der Waals surface area contributed by atoms with Gasteiger partial charge in [-0.1, -0.05) is 26.7 Å². The van der Waals surface area contributed by atoms with E-state index in [1.165, 1.54) is 18.6 Å². The fraction of sp³-hybridized carbons (Fsp3) is 0.947. The Bertz CT molecular complexity index is 325. The summed E-state index contributed by atoms with van der Waals surface area (Å²) in [6.07, 6.45) is 5.58. The molecule has 26 heavy (non-hydrogen) atoms. The Morgan fingerprint density at radius 3 is 1.92 bits per heavy atom. The molecule has 0 aromatic rings. The standard InChI is InChI=1S/C19H40O5SSi/c1-6-22-26(23-7-2,24-8-3)17-13-16-25-15-12-10-9-11-14-21-19(20)18(4)5/h18H,6-17H2,1-5H3. The van der Waals surface area contributed by atoms with Crippen LogP contribution in [0.5, 0.6) is 0 Å². The Kier molecular flexibility index (Phi) is 17.0. The minimum Gasteiger partial charge on any atom is -0.465 e. The van der Waals surface area contributed by atoms with Crippen molar-refractivity contribution in [3.63, 3.8) is 0 Å². The van der Waals surface area contributed by atoms with E-state index in [1.807, 2.05) is 46.4 Å². The van der Waals surface area contributed by atoms with Gasteiger partial charge in [-0.15, -0.1) is 0 Å². The van der Waals surface area contributed by atoms with Crippen LogP contribution in [0.15, 0.2) is 0 Å². The molecule has 0 saturated heterocycles. The number of rotatable bonds is 18. The third-order valence-electron chi connectivity index (χ3n) is 3.76. The number of esters is 1. The lowest BCUT2D eigenvalue weighted by Gasteiger charge is -2.28. The molecule has 7 heteroatoms. The minimum absolute atomic E-state index is 0.0265. The molecule has 0 N–H and O–H groups in total. The Balaban J connectivity index is 3.65. The van der Waals surface area contributed by atoms with Crippen molar-refractivity contribution in [3.05, 3.63) is 0 Å². The molecule has 0 aromatic heterocycles. The Hall–Kier alpha value is -0.0831. The van der Waals surface area contributed by atoms with Crippen molar-refractivity contribution in [1.82, 2.24) is 0 Å². The van der Waals surface area contributed by atoms with Crippen LogP contribution in [-0.2, 0) is 22.8 Å². The van der Waals surface area contributed by atoms with Gasteiger partial charge >= 0.3 is 14.8 Å². The molecule has 0 amide bonds. The van der Waals surface area contributed by atoms with Gasteiger partial charge in [-0.25, -0.2) is 0 Å². The van der Waals surface area contributed by atoms with Gasteiger partial charge in [0.1, 0.15) is 0 Å². The second kappa shape index (κ2) is 17.0. The maximum Gasteiger partial charge on any atom is 0.500 e. The van der Waals surface area contributed by atoms with Crippen LogP contribution in [-0.4, -0.2) is 52.7 Å². The highest BCUT2D eigenvalue weighted by molar-refractivity contribution is 7.99. The third kappa shape index (κ3) is 13.1. The quantitative estimate of drug-likeness (QED) is 0.182. The topological polar surface area (TPSA) is 54.0 Å². The van der Waals surface area contributed by atoms with Crippen LogP contribution in [0, 0.1) is 5.92 Å². The third-order valence-corrected chi connectivity index (χ3v) is 8.07. The molecule has 0 saturated carbocycles. The summed E-state index contributed by atoms with van der Waals surface area (Å²) in [5, 5.41) is 0. The summed E-state index contributed by atoms with van der Waals surface area (Å²) in [6.45, 7) is 12.2. The maximum absolute atomic E-state index is 11.3. The highest BCUT2D eigenvalue weighted by atomic mass is 32.2. The van der Waals surface area contributed by atoms with E-state index in [9.17, 15) is 4.79 Å². The molecule has 0 aliphatic rings. The zero-order chi connectivity index (χ0) is 19.7. The normalized spacial score (nSPS) is 11.9. The summed E-state index contributed by atoms with van der Waals surface area (Å²) in [5.41, 5.74) is 0. The first-order valence-electron chi connectivity index (χ1n) is 10.2. The number of unbranched alkanes of at least 4 members (excludes halogenated alkanes) is 3. The molecule has 0 spiro atoms. The summed E-state index contributed by atoms with van der Waals surface area (Å²) >= 11 is 1.99. The molecule has 0 radical (unpaired) electrons. The van der Waals surface area contributed by atoms with E-state index < -0.39 is 8.80 Å². The van der Waals surface area contributed by atoms with Gasteiger partial charge in [0.2, 0.25) is 0 Å². The molecular formula is C19H40O5SSi. The summed E-state index contributed by atoms with van der Waals surface area (Å²) in [7, 11) is -2.46. The van der Waals surface area contributed by atoms with E-state index in [4.69, 9.17) is 18.0 Å². The second-order valence-corrected chi connectivity index (χ2v) is 10.4. The van der Waals surface area contributed by atoms with Crippen LogP contribution >= 0.6 is 11.8 Å². The predicted molar refractivity (Wildman–Crippen MR) is 112 cm³/mol. The average molecular weight is 409 g/mol. The molecule has 0 heterocycles. The van der Waals surface area contributed by atoms with E-state index in [0.717, 1.165) is 31.1 Å². The molecule has 156 valence electrons. The lowest BCUT2D eigenvalue weighted by molar-refractivity contribution is -0.147. The van der Waals surface area contributed by atoms with Crippen molar-refractivity contribution in [1.29, 1.82) is 0 Å². The van der Waals surface area contributed by atoms with Gasteiger partial charge in [0.05, 0.1) is 12.5 Å². The van der Waals surface area contributed by atoms with Gasteiger partial charge in [-0.2, -0.15) is 11.8 Å². The number of carbonyl (C=O) groups excluding carboxylic acids is 1. The van der Waals surface area contributed by atoms with Crippen LogP contribution in [0.3, 0.4) is 0 Å². The number of thioether (sulfide) groups is 1. The fourth-order valence-electron chi connectivity index (χ4n) is 2.49. The highest BCUT2D eigenvalue weighted by Crippen LogP contribution is 2.20. The Labute approximate surface area is 166 Å². The molecule has 5 nitrogen and oxygen atoms in total. The van der Waals surface area contributed by atoms with E-state index in [0.29, 0.717) is 26.4 Å². The first-order chi connectivity index (χ1) is 12.5. The van der Waals surface area contributed by atoms with E-state index in [1.54, 1.807) is 0 Å². The lowest BCUT2D eigenvalue weighted by atomic mass is 10.2. The maximum atomic E-state index is 11.3. The highest BCUT2D eigenvalue weighted by Gasteiger charge is 2.39. The molecule has 0 aliphatic heterocycles. The zero-order valence-corrected chi connectivity index (χ0v) is 19.3. The molecule has 0 unspecified atom stereocenters. The molecule has 0 fully saturated rings. The summed E-state index contributed by atoms with van der Waals surface area (Å²) in [6, 6.07) is 0.900. The molecule has 0 aliphatic carbocycles. The minimum atomic E-state index is -2.46. The van der Waals surface area contributed by atoms with Crippen LogP contribution in [0.4, 0.5) is 0 Å². The van der Waals surface area contributed by atoms with Crippen LogP contribution in [0.25, 0.3) is 0 Å². The molecular weight excluding hydrogens is 368 g/mol. The van der Waals surface area contributed by atoms with E-state index in [-0.39, 0.29) is 11.9 Å².